The van der Waals surface area contributed by atoms with Crippen LogP contribution in [0.1, 0.15) is 33.5 Å². The van der Waals surface area contributed by atoms with Crippen molar-refractivity contribution < 1.29 is 40.7 Å². The van der Waals surface area contributed by atoms with Crippen LogP contribution in [-0.2, 0) is 14.6 Å². The normalized spacial score (nSPS) is 11.7. The average molecular weight is 446 g/mol. The van der Waals surface area contributed by atoms with E-state index in [1.807, 2.05) is 0 Å². The van der Waals surface area contributed by atoms with Crippen molar-refractivity contribution in [3.63, 3.8) is 0 Å². The Morgan fingerprint density at radius 2 is 1.83 bits per heavy atom. The van der Waals surface area contributed by atoms with Gasteiger partial charge in [0.25, 0.3) is 15.7 Å². The summed E-state index contributed by atoms with van der Waals surface area (Å²) >= 11 is 0. The fourth-order valence-corrected chi connectivity index (χ4v) is 3.17. The van der Waals surface area contributed by atoms with Gasteiger partial charge >= 0.3 is 11.5 Å². The fourth-order valence-electron chi connectivity index (χ4n) is 2.38. The molecule has 30 heavy (non-hydrogen) atoms. The number of halogens is 3. The van der Waals surface area contributed by atoms with E-state index in [1.54, 1.807) is 6.92 Å². The number of nitrogens with zero attached hydrogens (tertiary/aromatic N) is 1. The zero-order valence-corrected chi connectivity index (χ0v) is 16.8. The first kappa shape index (κ1) is 23.1. The topological polar surface area (TPSA) is 112 Å². The lowest BCUT2D eigenvalue weighted by Gasteiger charge is -2.14. The highest BCUT2D eigenvalue weighted by atomic mass is 32.2. The van der Waals surface area contributed by atoms with Gasteiger partial charge in [-0.05, 0) is 44.2 Å². The minimum atomic E-state index is -5.63. The number of aromatic nitrogens is 1. The third-order valence-corrected chi connectivity index (χ3v) is 5.33. The zero-order chi connectivity index (χ0) is 22.7. The van der Waals surface area contributed by atoms with Crippen molar-refractivity contribution in [3.8, 4) is 5.75 Å². The summed E-state index contributed by atoms with van der Waals surface area (Å²) in [6.45, 7) is 3.25. The Morgan fingerprint density at radius 1 is 1.17 bits per heavy atom. The largest absolute Gasteiger partial charge is 0.501 e. The van der Waals surface area contributed by atoms with Gasteiger partial charge < -0.3 is 14.8 Å². The van der Waals surface area contributed by atoms with Crippen LogP contribution in [0.5, 0.6) is 5.75 Å². The van der Waals surface area contributed by atoms with Crippen LogP contribution in [0, 0.1) is 6.92 Å². The molecular weight excluding hydrogens is 429 g/mol. The van der Waals surface area contributed by atoms with E-state index >= 15 is 0 Å². The number of hydrogen-bond donors (Lipinski definition) is 1. The van der Waals surface area contributed by atoms with Crippen LogP contribution < -0.4 is 10.1 Å². The highest BCUT2D eigenvalue weighted by Gasteiger charge is 2.47. The average Bonchev–Trinajstić information content (AvgIpc) is 2.67. The van der Waals surface area contributed by atoms with E-state index in [9.17, 15) is 31.2 Å². The molecule has 1 aromatic carbocycles. The van der Waals surface area contributed by atoms with Crippen molar-refractivity contribution in [1.82, 2.24) is 4.98 Å². The van der Waals surface area contributed by atoms with Gasteiger partial charge in [0.15, 0.2) is 0 Å². The predicted octanol–water partition coefficient (Wildman–Crippen LogP) is 3.12. The Bertz CT molecular complexity index is 1080. The van der Waals surface area contributed by atoms with Crippen LogP contribution >= 0.6 is 0 Å². The van der Waals surface area contributed by atoms with E-state index in [0.717, 1.165) is 6.07 Å². The predicted molar refractivity (Wildman–Crippen MR) is 99.1 cm³/mol. The molecule has 1 heterocycles. The quantitative estimate of drug-likeness (QED) is 0.679. The molecule has 0 aliphatic carbocycles. The number of hydrogen-bond acceptors (Lipinski definition) is 7. The number of anilines is 1. The highest BCUT2D eigenvalue weighted by molar-refractivity contribution is 7.92. The number of rotatable bonds is 6. The number of carbonyl (C=O) groups is 2. The molecule has 1 N–H and O–H groups in total. The van der Waals surface area contributed by atoms with Gasteiger partial charge in [0.05, 0.1) is 35.6 Å². The van der Waals surface area contributed by atoms with Gasteiger partial charge in [0.1, 0.15) is 11.4 Å². The fraction of sp³-hybridized carbons (Fsp3) is 0.278. The van der Waals surface area contributed by atoms with E-state index in [1.165, 1.54) is 26.2 Å². The number of amides is 1. The summed E-state index contributed by atoms with van der Waals surface area (Å²) in [5.74, 6) is -1.54. The number of sulfone groups is 1. The molecule has 0 saturated carbocycles. The molecule has 0 saturated heterocycles. The second kappa shape index (κ2) is 8.69. The molecule has 12 heteroatoms. The second-order valence-electron chi connectivity index (χ2n) is 5.82. The number of carbonyl (C=O) groups excluding carboxylic acids is 2. The molecule has 2 aromatic rings. The van der Waals surface area contributed by atoms with Gasteiger partial charge in [-0.3, -0.25) is 4.79 Å². The number of nitrogens with one attached hydrogen (secondary N) is 1. The number of alkyl halides is 3. The SMILES string of the molecule is CCOC(=O)c1ccc(C(=O)Nc2cc(S(=O)(=O)C(F)(F)F)ccc2OC)nc1C. The third-order valence-electron chi connectivity index (χ3n) is 3.85. The number of methoxy groups -OCH3 is 1. The van der Waals surface area contributed by atoms with Crippen molar-refractivity contribution >= 4 is 27.4 Å². The molecule has 0 spiro atoms. The summed E-state index contributed by atoms with van der Waals surface area (Å²) in [5, 5.41) is 2.27. The summed E-state index contributed by atoms with van der Waals surface area (Å²) in [6, 6.07) is 4.87. The number of pyridine rings is 1. The van der Waals surface area contributed by atoms with Gasteiger partial charge in [-0.15, -0.1) is 0 Å². The summed E-state index contributed by atoms with van der Waals surface area (Å²) in [6.07, 6.45) is 0. The van der Waals surface area contributed by atoms with Crippen LogP contribution in [0.15, 0.2) is 35.2 Å². The molecule has 0 atom stereocenters. The lowest BCUT2D eigenvalue weighted by atomic mass is 10.2. The minimum absolute atomic E-state index is 0.0654. The summed E-state index contributed by atoms with van der Waals surface area (Å²) in [5.41, 5.74) is -5.64. The van der Waals surface area contributed by atoms with E-state index < -0.39 is 32.1 Å². The molecule has 0 aliphatic heterocycles. The molecule has 2 rings (SSSR count). The molecule has 0 bridgehead atoms. The minimum Gasteiger partial charge on any atom is -0.495 e. The van der Waals surface area contributed by atoms with E-state index in [-0.39, 0.29) is 35.0 Å². The smallest absolute Gasteiger partial charge is 0.495 e. The zero-order valence-electron chi connectivity index (χ0n) is 16.0. The van der Waals surface area contributed by atoms with Crippen molar-refractivity contribution in [2.24, 2.45) is 0 Å². The highest BCUT2D eigenvalue weighted by Crippen LogP contribution is 2.34. The van der Waals surface area contributed by atoms with Crippen molar-refractivity contribution in [1.29, 1.82) is 0 Å². The molecule has 0 radical (unpaired) electrons. The van der Waals surface area contributed by atoms with E-state index in [0.29, 0.717) is 12.1 Å². The lowest BCUT2D eigenvalue weighted by Crippen LogP contribution is -2.23. The lowest BCUT2D eigenvalue weighted by molar-refractivity contribution is -0.0436. The Balaban J connectivity index is 2.38. The number of benzene rings is 1. The Labute approximate surface area is 169 Å². The summed E-state index contributed by atoms with van der Waals surface area (Å²) in [7, 11) is -4.43. The maximum Gasteiger partial charge on any atom is 0.501 e. The maximum atomic E-state index is 12.8. The molecular formula is C18H17F3N2O6S. The standard InChI is InChI=1S/C18H17F3N2O6S/c1-4-29-17(25)12-6-7-13(22-10(12)2)16(24)23-14-9-11(5-8-15(14)28-3)30(26,27)18(19,20)21/h5-9H,4H2,1-3H3,(H,23,24). The second-order valence-corrected chi connectivity index (χ2v) is 7.76. The molecule has 1 amide bonds. The van der Waals surface area contributed by atoms with Crippen LogP contribution in [0.3, 0.4) is 0 Å². The van der Waals surface area contributed by atoms with Crippen molar-refractivity contribution in [3.05, 3.63) is 47.3 Å². The summed E-state index contributed by atoms with van der Waals surface area (Å²) in [4.78, 5) is 27.2. The maximum absolute atomic E-state index is 12.8. The Hall–Kier alpha value is -3.15. The van der Waals surface area contributed by atoms with Crippen molar-refractivity contribution in [2.75, 3.05) is 19.0 Å². The molecule has 0 aliphatic rings. The van der Waals surface area contributed by atoms with Gasteiger partial charge in [-0.2, -0.15) is 13.2 Å². The third kappa shape index (κ3) is 4.70. The number of ether oxygens (including phenoxy) is 2. The van der Waals surface area contributed by atoms with Gasteiger partial charge in [0.2, 0.25) is 0 Å². The Morgan fingerprint density at radius 3 is 2.37 bits per heavy atom. The van der Waals surface area contributed by atoms with E-state index in [2.05, 4.69) is 10.3 Å². The van der Waals surface area contributed by atoms with Gasteiger partial charge in [-0.25, -0.2) is 18.2 Å². The van der Waals surface area contributed by atoms with Crippen LogP contribution in [-0.4, -0.2) is 44.5 Å². The van der Waals surface area contributed by atoms with Crippen molar-refractivity contribution in [2.45, 2.75) is 24.3 Å². The first-order valence-corrected chi connectivity index (χ1v) is 9.86. The molecule has 1 aromatic heterocycles. The molecule has 0 fully saturated rings. The van der Waals surface area contributed by atoms with E-state index in [4.69, 9.17) is 9.47 Å². The number of esters is 1. The summed E-state index contributed by atoms with van der Waals surface area (Å²) < 4.78 is 71.5. The first-order valence-electron chi connectivity index (χ1n) is 8.37. The van der Waals surface area contributed by atoms with Gasteiger partial charge in [-0.1, -0.05) is 0 Å². The monoisotopic (exact) mass is 446 g/mol. The van der Waals surface area contributed by atoms with Crippen LogP contribution in [0.2, 0.25) is 0 Å². The molecule has 0 unspecified atom stereocenters. The van der Waals surface area contributed by atoms with Crippen LogP contribution in [0.4, 0.5) is 18.9 Å². The molecule has 162 valence electrons. The molecule has 8 nitrogen and oxygen atoms in total. The first-order chi connectivity index (χ1) is 13.9. The van der Waals surface area contributed by atoms with Gasteiger partial charge in [0, 0.05) is 0 Å². The Kier molecular flexibility index (Phi) is 6.70. The van der Waals surface area contributed by atoms with Crippen LogP contribution in [0.25, 0.3) is 0 Å². The number of aryl methyl sites for hydroxylation is 1.